The predicted molar refractivity (Wildman–Crippen MR) is 69.5 cm³/mol. The first-order chi connectivity index (χ1) is 9.11. The quantitative estimate of drug-likeness (QED) is 0.817. The van der Waals surface area contributed by atoms with Gasteiger partial charge in [0, 0.05) is 7.11 Å². The van der Waals surface area contributed by atoms with E-state index in [1.165, 1.54) is 0 Å². The van der Waals surface area contributed by atoms with E-state index in [9.17, 15) is 0 Å². The molecule has 0 aliphatic carbocycles. The lowest BCUT2D eigenvalue weighted by atomic mass is 10.1. The molecule has 0 bridgehead atoms. The SMILES string of the molecule is CO[C@@H]1[C@H]2OC(C)(C)O[C@H]2CON1c1ccccc1. The summed E-state index contributed by atoms with van der Waals surface area (Å²) in [4.78, 5) is 5.78. The highest BCUT2D eigenvalue weighted by molar-refractivity contribution is 5.44. The minimum Gasteiger partial charge on any atom is -0.356 e. The normalized spacial score (nSPS) is 33.2. The van der Waals surface area contributed by atoms with Crippen molar-refractivity contribution in [1.29, 1.82) is 0 Å². The Kier molecular flexibility index (Phi) is 3.22. The molecular formula is C14H19NO4. The smallest absolute Gasteiger partial charge is 0.182 e. The number of ether oxygens (including phenoxy) is 3. The summed E-state index contributed by atoms with van der Waals surface area (Å²) >= 11 is 0. The summed E-state index contributed by atoms with van der Waals surface area (Å²) in [5.74, 6) is -0.595. The monoisotopic (exact) mass is 265 g/mol. The minimum atomic E-state index is -0.595. The van der Waals surface area contributed by atoms with E-state index in [-0.39, 0.29) is 18.4 Å². The van der Waals surface area contributed by atoms with Gasteiger partial charge in [0.05, 0.1) is 5.69 Å². The lowest BCUT2D eigenvalue weighted by molar-refractivity contribution is -0.157. The number of nitrogens with zero attached hydrogens (tertiary/aromatic N) is 1. The molecule has 0 spiro atoms. The van der Waals surface area contributed by atoms with Gasteiger partial charge in [-0.1, -0.05) is 18.2 Å². The topological polar surface area (TPSA) is 40.2 Å². The molecule has 2 aliphatic rings. The zero-order valence-electron chi connectivity index (χ0n) is 11.4. The Balaban J connectivity index is 1.85. The molecule has 2 saturated heterocycles. The van der Waals surface area contributed by atoms with Gasteiger partial charge in [-0.25, -0.2) is 5.06 Å². The number of hydrogen-bond donors (Lipinski definition) is 0. The fourth-order valence-corrected chi connectivity index (χ4v) is 2.62. The minimum absolute atomic E-state index is 0.0973. The van der Waals surface area contributed by atoms with Gasteiger partial charge in [-0.2, -0.15) is 0 Å². The highest BCUT2D eigenvalue weighted by atomic mass is 16.8. The van der Waals surface area contributed by atoms with Gasteiger partial charge in [-0.3, -0.25) is 4.84 Å². The third-order valence-electron chi connectivity index (χ3n) is 3.36. The fourth-order valence-electron chi connectivity index (χ4n) is 2.62. The van der Waals surface area contributed by atoms with Crippen LogP contribution in [0.3, 0.4) is 0 Å². The number of benzene rings is 1. The molecule has 2 aliphatic heterocycles. The van der Waals surface area contributed by atoms with Gasteiger partial charge in [0.25, 0.3) is 0 Å². The molecule has 3 rings (SSSR count). The number of hydroxylamine groups is 1. The second-order valence-corrected chi connectivity index (χ2v) is 5.22. The van der Waals surface area contributed by atoms with Gasteiger partial charge >= 0.3 is 0 Å². The molecule has 0 saturated carbocycles. The number of rotatable bonds is 2. The van der Waals surface area contributed by atoms with E-state index in [0.717, 1.165) is 5.69 Å². The van der Waals surface area contributed by atoms with E-state index in [4.69, 9.17) is 19.0 Å². The summed E-state index contributed by atoms with van der Waals surface area (Å²) in [5.41, 5.74) is 0.945. The standard InChI is InChI=1S/C14H19NO4/c1-14(2)18-11-9-17-15(10-7-5-4-6-8-10)13(16-3)12(11)19-14/h4-8,11-13H,9H2,1-3H3/t11-,12-,13+/m0/s1. The van der Waals surface area contributed by atoms with Crippen molar-refractivity contribution < 1.29 is 19.0 Å². The van der Waals surface area contributed by atoms with Crippen LogP contribution >= 0.6 is 0 Å². The van der Waals surface area contributed by atoms with Crippen LogP contribution in [-0.4, -0.2) is 37.9 Å². The molecule has 0 amide bonds. The number of methoxy groups -OCH3 is 1. The molecule has 2 fully saturated rings. The first-order valence-corrected chi connectivity index (χ1v) is 6.46. The average molecular weight is 265 g/mol. The predicted octanol–water partition coefficient (Wildman–Crippen LogP) is 1.93. The van der Waals surface area contributed by atoms with Crippen LogP contribution in [0.15, 0.2) is 30.3 Å². The van der Waals surface area contributed by atoms with Crippen LogP contribution in [0.1, 0.15) is 13.8 Å². The third-order valence-corrected chi connectivity index (χ3v) is 3.36. The Bertz CT molecular complexity index is 436. The molecule has 1 aromatic carbocycles. The van der Waals surface area contributed by atoms with Gasteiger partial charge in [-0.15, -0.1) is 0 Å². The van der Waals surface area contributed by atoms with Crippen molar-refractivity contribution in [1.82, 2.24) is 0 Å². The van der Waals surface area contributed by atoms with E-state index < -0.39 is 5.79 Å². The zero-order chi connectivity index (χ0) is 13.5. The highest BCUT2D eigenvalue weighted by Gasteiger charge is 2.51. The van der Waals surface area contributed by atoms with Crippen LogP contribution in [0, 0.1) is 0 Å². The van der Waals surface area contributed by atoms with Crippen molar-refractivity contribution in [2.24, 2.45) is 0 Å². The Labute approximate surface area is 113 Å². The van der Waals surface area contributed by atoms with Crippen molar-refractivity contribution in [3.63, 3.8) is 0 Å². The van der Waals surface area contributed by atoms with Crippen LogP contribution < -0.4 is 5.06 Å². The number of hydrogen-bond acceptors (Lipinski definition) is 5. The van der Waals surface area contributed by atoms with Gasteiger partial charge in [0.15, 0.2) is 12.0 Å². The van der Waals surface area contributed by atoms with Crippen LogP contribution in [0.4, 0.5) is 5.69 Å². The Morgan fingerprint density at radius 2 is 1.95 bits per heavy atom. The number of para-hydroxylation sites is 1. The summed E-state index contributed by atoms with van der Waals surface area (Å²) < 4.78 is 17.3. The second kappa shape index (κ2) is 4.76. The number of anilines is 1. The summed E-state index contributed by atoms with van der Waals surface area (Å²) in [6.45, 7) is 4.28. The van der Waals surface area contributed by atoms with E-state index in [0.29, 0.717) is 6.61 Å². The number of fused-ring (bicyclic) bond motifs is 1. The molecule has 104 valence electrons. The molecule has 5 heteroatoms. The molecule has 1 aromatic rings. The van der Waals surface area contributed by atoms with Gasteiger partial charge < -0.3 is 14.2 Å². The summed E-state index contributed by atoms with van der Waals surface area (Å²) in [7, 11) is 1.65. The van der Waals surface area contributed by atoms with E-state index in [1.54, 1.807) is 12.2 Å². The van der Waals surface area contributed by atoms with E-state index in [2.05, 4.69) is 0 Å². The van der Waals surface area contributed by atoms with Gasteiger partial charge in [-0.05, 0) is 26.0 Å². The first kappa shape index (κ1) is 12.9. The van der Waals surface area contributed by atoms with Crippen molar-refractivity contribution in [3.05, 3.63) is 30.3 Å². The third kappa shape index (κ3) is 2.34. The van der Waals surface area contributed by atoms with Crippen molar-refractivity contribution in [2.75, 3.05) is 18.8 Å². The molecular weight excluding hydrogens is 246 g/mol. The molecule has 0 unspecified atom stereocenters. The van der Waals surface area contributed by atoms with Gasteiger partial charge in [0.2, 0.25) is 0 Å². The lowest BCUT2D eigenvalue weighted by Gasteiger charge is -2.40. The van der Waals surface area contributed by atoms with Crippen molar-refractivity contribution in [2.45, 2.75) is 38.1 Å². The second-order valence-electron chi connectivity index (χ2n) is 5.22. The molecule has 0 N–H and O–H groups in total. The van der Waals surface area contributed by atoms with E-state index in [1.807, 2.05) is 44.2 Å². The maximum atomic E-state index is 5.94. The summed E-state index contributed by atoms with van der Waals surface area (Å²) in [5, 5.41) is 1.76. The Morgan fingerprint density at radius 1 is 1.21 bits per heavy atom. The molecule has 3 atom stereocenters. The van der Waals surface area contributed by atoms with Crippen LogP contribution in [-0.2, 0) is 19.0 Å². The van der Waals surface area contributed by atoms with Crippen LogP contribution in [0.25, 0.3) is 0 Å². The largest absolute Gasteiger partial charge is 0.356 e. The maximum Gasteiger partial charge on any atom is 0.182 e. The molecule has 2 heterocycles. The molecule has 0 radical (unpaired) electrons. The lowest BCUT2D eigenvalue weighted by Crippen LogP contribution is -2.55. The Hall–Kier alpha value is -1.14. The Morgan fingerprint density at radius 3 is 2.63 bits per heavy atom. The maximum absolute atomic E-state index is 5.94. The van der Waals surface area contributed by atoms with Crippen LogP contribution in [0.2, 0.25) is 0 Å². The molecule has 5 nitrogen and oxygen atoms in total. The highest BCUT2D eigenvalue weighted by Crippen LogP contribution is 2.36. The van der Waals surface area contributed by atoms with Gasteiger partial charge in [0.1, 0.15) is 18.8 Å². The van der Waals surface area contributed by atoms with Crippen molar-refractivity contribution in [3.8, 4) is 0 Å². The average Bonchev–Trinajstić information content (AvgIpc) is 2.72. The molecule has 0 aromatic heterocycles. The first-order valence-electron chi connectivity index (χ1n) is 6.46. The fraction of sp³-hybridized carbons (Fsp3) is 0.571. The van der Waals surface area contributed by atoms with Crippen LogP contribution in [0.5, 0.6) is 0 Å². The summed E-state index contributed by atoms with van der Waals surface area (Å²) in [6.07, 6.45) is -0.572. The van der Waals surface area contributed by atoms with E-state index >= 15 is 0 Å². The van der Waals surface area contributed by atoms with Crippen molar-refractivity contribution >= 4 is 5.69 Å². The zero-order valence-corrected chi connectivity index (χ0v) is 11.4. The molecule has 19 heavy (non-hydrogen) atoms. The summed E-state index contributed by atoms with van der Waals surface area (Å²) in [6, 6.07) is 9.86.